The summed E-state index contributed by atoms with van der Waals surface area (Å²) in [5.41, 5.74) is 0.420. The number of ether oxygens (including phenoxy) is 2. The number of benzene rings is 2. The first-order valence-electron chi connectivity index (χ1n) is 8.69. The third-order valence-electron chi connectivity index (χ3n) is 4.51. The molecule has 1 heterocycles. The topological polar surface area (TPSA) is 84.9 Å². The van der Waals surface area contributed by atoms with Crippen LogP contribution in [0.15, 0.2) is 41.3 Å². The summed E-state index contributed by atoms with van der Waals surface area (Å²) in [5, 5.41) is 0.359. The Balaban J connectivity index is 1.97. The Kier molecular flexibility index (Phi) is 6.00. The molecule has 0 spiro atoms. The molecule has 0 radical (unpaired) electrons. The molecule has 0 aliphatic carbocycles. The van der Waals surface area contributed by atoms with E-state index in [0.29, 0.717) is 29.6 Å². The quantitative estimate of drug-likeness (QED) is 0.768. The lowest BCUT2D eigenvalue weighted by molar-refractivity contribution is 0.0789. The summed E-state index contributed by atoms with van der Waals surface area (Å²) in [6.07, 6.45) is 1.87. The summed E-state index contributed by atoms with van der Waals surface area (Å²) in [4.78, 5) is 14.4. The third kappa shape index (κ3) is 4.18. The van der Waals surface area contributed by atoms with E-state index in [1.165, 1.54) is 38.5 Å². The molecule has 2 aromatic rings. The Morgan fingerprint density at radius 3 is 2.32 bits per heavy atom. The minimum Gasteiger partial charge on any atom is -0.496 e. The number of hydrogen-bond donors (Lipinski definition) is 1. The van der Waals surface area contributed by atoms with Crippen LogP contribution in [0.2, 0.25) is 5.02 Å². The zero-order valence-corrected chi connectivity index (χ0v) is 17.1. The average Bonchev–Trinajstić information content (AvgIpc) is 3.21. The van der Waals surface area contributed by atoms with Gasteiger partial charge in [0.2, 0.25) is 0 Å². The minimum absolute atomic E-state index is 0.0575. The van der Waals surface area contributed by atoms with Gasteiger partial charge in [0.1, 0.15) is 11.5 Å². The van der Waals surface area contributed by atoms with Gasteiger partial charge in [-0.3, -0.25) is 9.52 Å². The van der Waals surface area contributed by atoms with Gasteiger partial charge in [-0.15, -0.1) is 0 Å². The smallest absolute Gasteiger partial charge is 0.262 e. The van der Waals surface area contributed by atoms with Crippen LogP contribution in [0.1, 0.15) is 23.2 Å². The number of carbonyl (C=O) groups is 1. The van der Waals surface area contributed by atoms with Gasteiger partial charge in [-0.2, -0.15) is 0 Å². The van der Waals surface area contributed by atoms with E-state index in [0.717, 1.165) is 12.8 Å². The van der Waals surface area contributed by atoms with E-state index in [-0.39, 0.29) is 22.1 Å². The summed E-state index contributed by atoms with van der Waals surface area (Å²) in [7, 11) is -1.11. The number of nitrogens with zero attached hydrogens (tertiary/aromatic N) is 1. The Morgan fingerprint density at radius 1 is 1.04 bits per heavy atom. The van der Waals surface area contributed by atoms with Crippen LogP contribution in [0, 0.1) is 0 Å². The molecule has 1 N–H and O–H groups in total. The number of carbonyl (C=O) groups excluding carboxylic acids is 1. The Bertz CT molecular complexity index is 988. The van der Waals surface area contributed by atoms with Crippen LogP contribution in [0.4, 0.5) is 5.69 Å². The highest BCUT2D eigenvalue weighted by atomic mass is 35.5. The van der Waals surface area contributed by atoms with Crippen molar-refractivity contribution < 1.29 is 22.7 Å². The number of hydrogen-bond acceptors (Lipinski definition) is 5. The van der Waals surface area contributed by atoms with Crippen LogP contribution < -0.4 is 14.2 Å². The zero-order valence-electron chi connectivity index (χ0n) is 15.6. The van der Waals surface area contributed by atoms with Crippen LogP contribution >= 0.6 is 11.6 Å². The lowest BCUT2D eigenvalue weighted by atomic mass is 10.1. The summed E-state index contributed by atoms with van der Waals surface area (Å²) in [5.74, 6) is 0.415. The van der Waals surface area contributed by atoms with E-state index in [1.807, 2.05) is 0 Å². The molecule has 1 fully saturated rings. The van der Waals surface area contributed by atoms with Crippen molar-refractivity contribution in [1.82, 2.24) is 4.90 Å². The number of amides is 1. The highest BCUT2D eigenvalue weighted by Crippen LogP contribution is 2.31. The van der Waals surface area contributed by atoms with Gasteiger partial charge in [0.15, 0.2) is 0 Å². The number of anilines is 1. The van der Waals surface area contributed by atoms with Crippen molar-refractivity contribution in [3.8, 4) is 11.5 Å². The number of nitrogens with one attached hydrogen (secondary N) is 1. The molecule has 0 aromatic heterocycles. The fourth-order valence-corrected chi connectivity index (χ4v) is 4.33. The number of likely N-dealkylation sites (tertiary alicyclic amines) is 1. The van der Waals surface area contributed by atoms with Crippen molar-refractivity contribution in [3.63, 3.8) is 0 Å². The molecule has 0 bridgehead atoms. The van der Waals surface area contributed by atoms with Gasteiger partial charge in [-0.05, 0) is 49.2 Å². The number of halogens is 1. The second-order valence-corrected chi connectivity index (χ2v) is 8.43. The second kappa shape index (κ2) is 8.28. The maximum absolute atomic E-state index is 12.9. The molecule has 0 saturated carbocycles. The van der Waals surface area contributed by atoms with Crippen molar-refractivity contribution in [1.29, 1.82) is 0 Å². The fourth-order valence-electron chi connectivity index (χ4n) is 3.08. The van der Waals surface area contributed by atoms with Gasteiger partial charge in [0, 0.05) is 18.1 Å². The minimum atomic E-state index is -3.98. The fraction of sp³-hybridized carbons (Fsp3) is 0.316. The maximum Gasteiger partial charge on any atom is 0.262 e. The molecule has 7 nitrogen and oxygen atoms in total. The third-order valence-corrected chi connectivity index (χ3v) is 6.11. The van der Waals surface area contributed by atoms with Crippen molar-refractivity contribution in [3.05, 3.63) is 47.0 Å². The van der Waals surface area contributed by atoms with E-state index in [9.17, 15) is 13.2 Å². The SMILES string of the molecule is COc1ccc(Cl)cc1NS(=O)(=O)c1ccc(OC)c(C(=O)N2CCCC2)c1. The van der Waals surface area contributed by atoms with Crippen LogP contribution in [-0.2, 0) is 10.0 Å². The number of methoxy groups -OCH3 is 2. The number of rotatable bonds is 6. The first-order valence-corrected chi connectivity index (χ1v) is 10.6. The van der Waals surface area contributed by atoms with E-state index in [4.69, 9.17) is 21.1 Å². The molecule has 1 amide bonds. The highest BCUT2D eigenvalue weighted by molar-refractivity contribution is 7.92. The normalized spacial score (nSPS) is 14.0. The molecule has 2 aromatic carbocycles. The van der Waals surface area contributed by atoms with Crippen molar-refractivity contribution in [2.75, 3.05) is 32.0 Å². The standard InChI is InChI=1S/C19H21ClN2O5S/c1-26-17-8-6-14(12-15(17)19(23)22-9-3-4-10-22)28(24,25)21-16-11-13(20)5-7-18(16)27-2/h5-8,11-12,21H,3-4,9-10H2,1-2H3. The summed E-state index contributed by atoms with van der Waals surface area (Å²) in [6, 6.07) is 8.82. The van der Waals surface area contributed by atoms with Crippen LogP contribution in [-0.4, -0.2) is 46.5 Å². The molecular formula is C19H21ClN2O5S. The van der Waals surface area contributed by atoms with Crippen molar-refractivity contribution in [2.45, 2.75) is 17.7 Å². The van der Waals surface area contributed by atoms with Crippen LogP contribution in [0.3, 0.4) is 0 Å². The van der Waals surface area contributed by atoms with E-state index < -0.39 is 10.0 Å². The van der Waals surface area contributed by atoms with E-state index in [2.05, 4.69) is 4.72 Å². The molecule has 1 saturated heterocycles. The number of sulfonamides is 1. The van der Waals surface area contributed by atoms with Gasteiger partial charge in [0.05, 0.1) is 30.4 Å². The van der Waals surface area contributed by atoms with Crippen molar-refractivity contribution in [2.24, 2.45) is 0 Å². The lowest BCUT2D eigenvalue weighted by Gasteiger charge is -2.18. The van der Waals surface area contributed by atoms with E-state index in [1.54, 1.807) is 17.0 Å². The first-order chi connectivity index (χ1) is 13.4. The maximum atomic E-state index is 12.9. The van der Waals surface area contributed by atoms with Gasteiger partial charge < -0.3 is 14.4 Å². The van der Waals surface area contributed by atoms with Gasteiger partial charge >= 0.3 is 0 Å². The summed E-state index contributed by atoms with van der Waals surface area (Å²) < 4.78 is 38.7. The Hall–Kier alpha value is -2.45. The predicted octanol–water partition coefficient (Wildman–Crippen LogP) is 3.39. The molecule has 150 valence electrons. The molecule has 1 aliphatic heterocycles. The molecule has 1 aliphatic rings. The molecule has 0 unspecified atom stereocenters. The summed E-state index contributed by atoms with van der Waals surface area (Å²) in [6.45, 7) is 1.30. The molecule has 9 heteroatoms. The monoisotopic (exact) mass is 424 g/mol. The Labute approximate surface area is 169 Å². The molecular weight excluding hydrogens is 404 g/mol. The van der Waals surface area contributed by atoms with Gasteiger partial charge in [-0.1, -0.05) is 11.6 Å². The Morgan fingerprint density at radius 2 is 1.68 bits per heavy atom. The molecule has 28 heavy (non-hydrogen) atoms. The van der Waals surface area contributed by atoms with Gasteiger partial charge in [-0.25, -0.2) is 8.42 Å². The van der Waals surface area contributed by atoms with Crippen molar-refractivity contribution >= 4 is 33.2 Å². The lowest BCUT2D eigenvalue weighted by Crippen LogP contribution is -2.28. The molecule has 0 atom stereocenters. The average molecular weight is 425 g/mol. The molecule has 3 rings (SSSR count). The van der Waals surface area contributed by atoms with Crippen LogP contribution in [0.5, 0.6) is 11.5 Å². The van der Waals surface area contributed by atoms with E-state index >= 15 is 0 Å². The largest absolute Gasteiger partial charge is 0.496 e. The van der Waals surface area contributed by atoms with Crippen LogP contribution in [0.25, 0.3) is 0 Å². The first kappa shape index (κ1) is 20.3. The zero-order chi connectivity index (χ0) is 20.3. The highest BCUT2D eigenvalue weighted by Gasteiger charge is 2.25. The van der Waals surface area contributed by atoms with Gasteiger partial charge in [0.25, 0.3) is 15.9 Å². The summed E-state index contributed by atoms with van der Waals surface area (Å²) >= 11 is 5.97. The predicted molar refractivity (Wildman–Crippen MR) is 107 cm³/mol. The second-order valence-electron chi connectivity index (χ2n) is 6.31.